The van der Waals surface area contributed by atoms with Crippen molar-refractivity contribution in [2.24, 2.45) is 0 Å². The number of rotatable bonds is 4. The molecule has 1 aliphatic heterocycles. The van der Waals surface area contributed by atoms with E-state index in [2.05, 4.69) is 9.88 Å². The molecule has 0 bridgehead atoms. The van der Waals surface area contributed by atoms with Crippen molar-refractivity contribution < 1.29 is 19.5 Å². The Hall–Kier alpha value is -3.32. The zero-order valence-corrected chi connectivity index (χ0v) is 15.7. The van der Waals surface area contributed by atoms with Gasteiger partial charge < -0.3 is 9.67 Å². The van der Waals surface area contributed by atoms with Crippen LogP contribution in [0.2, 0.25) is 0 Å². The van der Waals surface area contributed by atoms with Crippen molar-refractivity contribution in [2.75, 3.05) is 0 Å². The van der Waals surface area contributed by atoms with Crippen LogP contribution >= 0.6 is 11.8 Å². The molecule has 7 heteroatoms. The third-order valence-electron chi connectivity index (χ3n) is 4.74. The van der Waals surface area contributed by atoms with Crippen molar-refractivity contribution in [2.45, 2.75) is 13.5 Å². The smallest absolute Gasteiger partial charge is 0.335 e. The minimum Gasteiger partial charge on any atom is -0.478 e. The molecule has 1 fully saturated rings. The van der Waals surface area contributed by atoms with E-state index in [-0.39, 0.29) is 16.7 Å². The van der Waals surface area contributed by atoms with Crippen molar-refractivity contribution >= 4 is 45.9 Å². The van der Waals surface area contributed by atoms with Gasteiger partial charge in [0.2, 0.25) is 0 Å². The Morgan fingerprint density at radius 1 is 1.14 bits per heavy atom. The van der Waals surface area contributed by atoms with Gasteiger partial charge in [0.1, 0.15) is 0 Å². The highest BCUT2D eigenvalue weighted by Gasteiger charge is 2.26. The van der Waals surface area contributed by atoms with Crippen LogP contribution < -0.4 is 5.32 Å². The number of para-hydroxylation sites is 1. The van der Waals surface area contributed by atoms with Gasteiger partial charge in [-0.3, -0.25) is 14.9 Å². The molecule has 2 aromatic carbocycles. The Labute approximate surface area is 164 Å². The van der Waals surface area contributed by atoms with Crippen LogP contribution in [-0.4, -0.2) is 26.8 Å². The Morgan fingerprint density at radius 3 is 2.50 bits per heavy atom. The number of aromatic nitrogens is 1. The van der Waals surface area contributed by atoms with Crippen LogP contribution in [0.15, 0.2) is 53.4 Å². The van der Waals surface area contributed by atoms with E-state index in [1.54, 1.807) is 30.3 Å². The van der Waals surface area contributed by atoms with E-state index in [0.717, 1.165) is 39.5 Å². The third-order valence-corrected chi connectivity index (χ3v) is 5.55. The lowest BCUT2D eigenvalue weighted by Crippen LogP contribution is -2.17. The summed E-state index contributed by atoms with van der Waals surface area (Å²) in [5.41, 5.74) is 4.08. The fraction of sp³-hybridized carbons (Fsp3) is 0.0952. The number of nitrogens with zero attached hydrogens (tertiary/aromatic N) is 1. The Balaban J connectivity index is 1.78. The maximum absolute atomic E-state index is 11.9. The summed E-state index contributed by atoms with van der Waals surface area (Å²) >= 11 is 0.900. The molecule has 6 nitrogen and oxygen atoms in total. The maximum Gasteiger partial charge on any atom is 0.335 e. The van der Waals surface area contributed by atoms with Crippen molar-refractivity contribution in [1.29, 1.82) is 0 Å². The van der Waals surface area contributed by atoms with Gasteiger partial charge in [-0.05, 0) is 48.5 Å². The summed E-state index contributed by atoms with van der Waals surface area (Å²) in [5, 5.41) is 12.0. The van der Waals surface area contributed by atoms with Crippen LogP contribution in [0.1, 0.15) is 27.2 Å². The Kier molecular flexibility index (Phi) is 4.52. The van der Waals surface area contributed by atoms with Gasteiger partial charge in [0.25, 0.3) is 11.1 Å². The minimum atomic E-state index is -0.954. The van der Waals surface area contributed by atoms with Crippen molar-refractivity contribution in [3.63, 3.8) is 0 Å². The average molecular weight is 392 g/mol. The summed E-state index contributed by atoms with van der Waals surface area (Å²) in [5.74, 6) is -1.33. The highest BCUT2D eigenvalue weighted by molar-refractivity contribution is 8.18. The molecule has 3 aromatic rings. The largest absolute Gasteiger partial charge is 0.478 e. The molecule has 2 N–H and O–H groups in total. The third kappa shape index (κ3) is 3.20. The lowest BCUT2D eigenvalue weighted by molar-refractivity contribution is -0.115. The van der Waals surface area contributed by atoms with Gasteiger partial charge in [-0.2, -0.15) is 0 Å². The number of benzene rings is 2. The van der Waals surface area contributed by atoms with E-state index in [4.69, 9.17) is 5.11 Å². The van der Waals surface area contributed by atoms with E-state index in [1.807, 2.05) is 31.2 Å². The summed E-state index contributed by atoms with van der Waals surface area (Å²) in [4.78, 5) is 34.8. The van der Waals surface area contributed by atoms with E-state index in [9.17, 15) is 14.4 Å². The summed E-state index contributed by atoms with van der Waals surface area (Å²) in [6.07, 6.45) is 1.76. The second-order valence-corrected chi connectivity index (χ2v) is 7.47. The molecule has 0 unspecified atom stereocenters. The van der Waals surface area contributed by atoms with Crippen LogP contribution in [0.3, 0.4) is 0 Å². The molecule has 28 heavy (non-hydrogen) atoms. The van der Waals surface area contributed by atoms with E-state index < -0.39 is 5.97 Å². The molecule has 2 heterocycles. The number of aromatic carboxylic acids is 1. The zero-order valence-electron chi connectivity index (χ0n) is 14.9. The highest BCUT2D eigenvalue weighted by atomic mass is 32.2. The Bertz CT molecular complexity index is 1160. The summed E-state index contributed by atoms with van der Waals surface area (Å²) in [6, 6.07) is 14.6. The van der Waals surface area contributed by atoms with Crippen LogP contribution in [0.5, 0.6) is 0 Å². The highest BCUT2D eigenvalue weighted by Crippen LogP contribution is 2.32. The van der Waals surface area contributed by atoms with E-state index >= 15 is 0 Å². The molecule has 0 radical (unpaired) electrons. The molecule has 1 saturated heterocycles. The lowest BCUT2D eigenvalue weighted by Gasteiger charge is -2.09. The van der Waals surface area contributed by atoms with Gasteiger partial charge >= 0.3 is 5.97 Å². The maximum atomic E-state index is 11.9. The monoisotopic (exact) mass is 392 g/mol. The number of amides is 2. The van der Waals surface area contributed by atoms with Crippen LogP contribution in [0.4, 0.5) is 4.79 Å². The quantitative estimate of drug-likeness (QED) is 0.655. The standard InChI is InChI=1S/C21H16N2O4S/c1-12-16(10-18-19(24)22-21(27)28-18)15-4-2-3-5-17(15)23(12)11-13-6-8-14(9-7-13)20(25)26/h2-10H,11H2,1H3,(H,25,26)(H,22,24,27)/b18-10-. The number of nitrogens with one attached hydrogen (secondary N) is 1. The average Bonchev–Trinajstić information content (AvgIpc) is 3.13. The molecule has 0 saturated carbocycles. The number of carbonyl (C=O) groups excluding carboxylic acids is 2. The number of fused-ring (bicyclic) bond motifs is 1. The van der Waals surface area contributed by atoms with Gasteiger partial charge in [-0.25, -0.2) is 4.79 Å². The summed E-state index contributed by atoms with van der Waals surface area (Å²) < 4.78 is 2.12. The van der Waals surface area contributed by atoms with Gasteiger partial charge in [0, 0.05) is 28.7 Å². The van der Waals surface area contributed by atoms with E-state index in [0.29, 0.717) is 11.4 Å². The number of carboxylic acids is 1. The molecule has 1 aromatic heterocycles. The number of hydrogen-bond donors (Lipinski definition) is 2. The molecule has 4 rings (SSSR count). The molecule has 0 atom stereocenters. The second kappa shape index (κ2) is 7.01. The summed E-state index contributed by atoms with van der Waals surface area (Å²) in [7, 11) is 0. The predicted octanol–water partition coefficient (Wildman–Crippen LogP) is 4.02. The first-order valence-electron chi connectivity index (χ1n) is 8.59. The fourth-order valence-corrected chi connectivity index (χ4v) is 4.00. The van der Waals surface area contributed by atoms with Crippen molar-refractivity contribution in [3.05, 3.63) is 75.8 Å². The van der Waals surface area contributed by atoms with E-state index in [1.165, 1.54) is 0 Å². The molecular weight excluding hydrogens is 376 g/mol. The number of carbonyl (C=O) groups is 3. The minimum absolute atomic E-state index is 0.247. The normalized spacial score (nSPS) is 15.4. The van der Waals surface area contributed by atoms with Gasteiger partial charge in [0.15, 0.2) is 0 Å². The Morgan fingerprint density at radius 2 is 1.86 bits per heavy atom. The first kappa shape index (κ1) is 18.1. The van der Waals surface area contributed by atoms with Gasteiger partial charge in [0.05, 0.1) is 10.5 Å². The molecular formula is C21H16N2O4S. The fourth-order valence-electron chi connectivity index (χ4n) is 3.33. The SMILES string of the molecule is Cc1c(/C=C2\SC(=O)NC2=O)c2ccccc2n1Cc1ccc(C(=O)O)cc1. The first-order valence-corrected chi connectivity index (χ1v) is 9.40. The van der Waals surface area contributed by atoms with Crippen LogP contribution in [0.25, 0.3) is 17.0 Å². The molecule has 2 amide bonds. The zero-order chi connectivity index (χ0) is 19.8. The van der Waals surface area contributed by atoms with Crippen molar-refractivity contribution in [1.82, 2.24) is 9.88 Å². The number of hydrogen-bond acceptors (Lipinski definition) is 4. The molecule has 1 aliphatic rings. The van der Waals surface area contributed by atoms with Gasteiger partial charge in [-0.15, -0.1) is 0 Å². The molecule has 0 spiro atoms. The van der Waals surface area contributed by atoms with Gasteiger partial charge in [-0.1, -0.05) is 30.3 Å². The molecule has 140 valence electrons. The number of thioether (sulfide) groups is 1. The summed E-state index contributed by atoms with van der Waals surface area (Å²) in [6.45, 7) is 2.53. The lowest BCUT2D eigenvalue weighted by atomic mass is 10.1. The number of carboxylic acid groups (broad SMARTS) is 1. The van der Waals surface area contributed by atoms with Crippen LogP contribution in [0, 0.1) is 6.92 Å². The molecule has 0 aliphatic carbocycles. The van der Waals surface area contributed by atoms with Crippen LogP contribution in [-0.2, 0) is 11.3 Å². The number of imide groups is 1. The van der Waals surface area contributed by atoms with Crippen molar-refractivity contribution in [3.8, 4) is 0 Å². The first-order chi connectivity index (χ1) is 13.4. The topological polar surface area (TPSA) is 88.4 Å². The predicted molar refractivity (Wildman–Crippen MR) is 108 cm³/mol. The second-order valence-electron chi connectivity index (χ2n) is 6.46.